The van der Waals surface area contributed by atoms with Crippen LogP contribution in [0.5, 0.6) is 5.75 Å². The monoisotopic (exact) mass is 352 g/mol. The Labute approximate surface area is 147 Å². The molecule has 0 aromatic heterocycles. The first-order valence-electron chi connectivity index (χ1n) is 7.82. The fourth-order valence-corrected chi connectivity index (χ4v) is 1.75. The Kier molecular flexibility index (Phi) is 7.42. The number of rotatable bonds is 6. The third-order valence-electron chi connectivity index (χ3n) is 2.94. The number of carbonyl (C=O) groups excluding carboxylic acids is 2. The summed E-state index contributed by atoms with van der Waals surface area (Å²) in [6.45, 7) is 5.17. The topological polar surface area (TPSA) is 67.9 Å². The summed E-state index contributed by atoms with van der Waals surface area (Å²) in [5, 5.41) is 2.46. The van der Waals surface area contributed by atoms with E-state index in [1.165, 1.54) is 4.90 Å². The molecule has 7 heteroatoms. The Bertz CT molecular complexity index is 619. The van der Waals surface area contributed by atoms with E-state index in [1.54, 1.807) is 59.1 Å². The van der Waals surface area contributed by atoms with Gasteiger partial charge in [-0.1, -0.05) is 0 Å². The predicted octanol–water partition coefficient (Wildman–Crippen LogP) is 3.15. The first kappa shape index (κ1) is 20.5. The van der Waals surface area contributed by atoms with Crippen LogP contribution in [0.25, 0.3) is 0 Å². The summed E-state index contributed by atoms with van der Waals surface area (Å²) < 4.78 is 23.5. The molecule has 0 atom stereocenters. The minimum Gasteiger partial charge on any atom is -0.489 e. The van der Waals surface area contributed by atoms with Crippen molar-refractivity contribution in [2.75, 3.05) is 27.2 Å². The second-order valence-electron chi connectivity index (χ2n) is 6.64. The van der Waals surface area contributed by atoms with Gasteiger partial charge in [-0.15, -0.1) is 0 Å². The summed E-state index contributed by atoms with van der Waals surface area (Å²) >= 11 is 0. The molecule has 0 saturated heterocycles. The van der Waals surface area contributed by atoms with Crippen molar-refractivity contribution in [3.63, 3.8) is 0 Å². The summed E-state index contributed by atoms with van der Waals surface area (Å²) in [5.74, 6) is 0.379. The number of amides is 2. The predicted molar refractivity (Wildman–Crippen MR) is 93.4 cm³/mol. The van der Waals surface area contributed by atoms with E-state index in [-0.39, 0.29) is 24.6 Å². The van der Waals surface area contributed by atoms with E-state index < -0.39 is 11.7 Å². The maximum atomic E-state index is 12.9. The van der Waals surface area contributed by atoms with Gasteiger partial charge in [0.25, 0.3) is 5.91 Å². The van der Waals surface area contributed by atoms with Crippen LogP contribution < -0.4 is 10.1 Å². The summed E-state index contributed by atoms with van der Waals surface area (Å²) in [5.41, 5.74) is 0.163. The summed E-state index contributed by atoms with van der Waals surface area (Å²) in [6.07, 6.45) is -0.236. The summed E-state index contributed by atoms with van der Waals surface area (Å²) in [4.78, 5) is 24.8. The number of alkyl carbamates (subject to hydrolysis) is 1. The number of hydrogen-bond acceptors (Lipinski definition) is 4. The second kappa shape index (κ2) is 9.05. The molecule has 0 fully saturated rings. The first-order chi connectivity index (χ1) is 11.6. The second-order valence-corrected chi connectivity index (χ2v) is 6.64. The number of ether oxygens (including phenoxy) is 2. The van der Waals surface area contributed by atoms with Gasteiger partial charge in [-0.3, -0.25) is 4.79 Å². The highest BCUT2D eigenvalue weighted by molar-refractivity contribution is 5.93. The van der Waals surface area contributed by atoms with Crippen molar-refractivity contribution in [3.05, 3.63) is 41.7 Å². The Morgan fingerprint density at radius 3 is 2.28 bits per heavy atom. The van der Waals surface area contributed by atoms with Gasteiger partial charge in [0.2, 0.25) is 0 Å². The van der Waals surface area contributed by atoms with Crippen LogP contribution >= 0.6 is 0 Å². The number of hydrogen-bond donors (Lipinski definition) is 1. The van der Waals surface area contributed by atoms with Gasteiger partial charge in [-0.25, -0.2) is 9.18 Å². The Morgan fingerprint density at radius 1 is 1.20 bits per heavy atom. The molecule has 0 spiro atoms. The van der Waals surface area contributed by atoms with Crippen LogP contribution in [0.15, 0.2) is 36.2 Å². The number of halogens is 1. The largest absolute Gasteiger partial charge is 0.489 e. The lowest BCUT2D eigenvalue weighted by atomic mass is 10.2. The average molecular weight is 352 g/mol. The van der Waals surface area contributed by atoms with Gasteiger partial charge < -0.3 is 19.7 Å². The molecule has 1 N–H and O–H groups in total. The van der Waals surface area contributed by atoms with E-state index in [2.05, 4.69) is 5.32 Å². The van der Waals surface area contributed by atoms with Crippen molar-refractivity contribution in [1.82, 2.24) is 10.2 Å². The van der Waals surface area contributed by atoms with Gasteiger partial charge in [-0.05, 0) is 45.0 Å². The first-order valence-corrected chi connectivity index (χ1v) is 7.82. The van der Waals surface area contributed by atoms with Gasteiger partial charge in [0.15, 0.2) is 0 Å². The van der Waals surface area contributed by atoms with Gasteiger partial charge in [0.1, 0.15) is 18.0 Å². The standard InChI is InChI=1S/C18H25FN2O4/c1-18(2,3)25-17(23)20-11-13(10-19)12-24-15-8-6-14(7-9-15)16(22)21(4)5/h6-10H,11-12H2,1-5H3,(H,20,23)/b13-10-. The van der Waals surface area contributed by atoms with Crippen molar-refractivity contribution in [2.24, 2.45) is 0 Å². The Morgan fingerprint density at radius 2 is 1.80 bits per heavy atom. The molecule has 2 amide bonds. The SMILES string of the molecule is CN(C)C(=O)c1ccc(OC/C(=C\F)CNC(=O)OC(C)(C)C)cc1. The van der Waals surface area contributed by atoms with E-state index in [1.807, 2.05) is 0 Å². The van der Waals surface area contributed by atoms with Crippen LogP contribution in [0.1, 0.15) is 31.1 Å². The molecular formula is C18H25FN2O4. The molecular weight excluding hydrogens is 327 g/mol. The molecule has 0 aliphatic rings. The van der Waals surface area contributed by atoms with Gasteiger partial charge in [-0.2, -0.15) is 0 Å². The van der Waals surface area contributed by atoms with Crippen molar-refractivity contribution in [2.45, 2.75) is 26.4 Å². The maximum absolute atomic E-state index is 12.9. The van der Waals surface area contributed by atoms with E-state index in [0.717, 1.165) is 0 Å². The van der Waals surface area contributed by atoms with E-state index in [0.29, 0.717) is 17.6 Å². The van der Waals surface area contributed by atoms with Crippen molar-refractivity contribution >= 4 is 12.0 Å². The highest BCUT2D eigenvalue weighted by atomic mass is 19.1. The van der Waals surface area contributed by atoms with Crippen molar-refractivity contribution in [3.8, 4) is 5.75 Å². The number of benzene rings is 1. The summed E-state index contributed by atoms with van der Waals surface area (Å²) in [6, 6.07) is 6.53. The number of nitrogens with zero attached hydrogens (tertiary/aromatic N) is 1. The highest BCUT2D eigenvalue weighted by Gasteiger charge is 2.16. The Hall–Kier alpha value is -2.57. The third-order valence-corrected chi connectivity index (χ3v) is 2.94. The Balaban J connectivity index is 2.50. The van der Waals surface area contributed by atoms with Gasteiger partial charge in [0.05, 0.1) is 6.33 Å². The molecule has 0 bridgehead atoms. The van der Waals surface area contributed by atoms with Gasteiger partial charge in [0, 0.05) is 31.8 Å². The average Bonchev–Trinajstić information content (AvgIpc) is 2.53. The molecule has 1 aromatic carbocycles. The molecule has 0 aliphatic carbocycles. The van der Waals surface area contributed by atoms with E-state index >= 15 is 0 Å². The molecule has 25 heavy (non-hydrogen) atoms. The minimum atomic E-state index is -0.626. The zero-order valence-corrected chi connectivity index (χ0v) is 15.3. The van der Waals surface area contributed by atoms with Crippen LogP contribution in [0.4, 0.5) is 9.18 Å². The molecule has 1 rings (SSSR count). The maximum Gasteiger partial charge on any atom is 0.407 e. The minimum absolute atomic E-state index is 0.0252. The molecule has 1 aromatic rings. The van der Waals surface area contributed by atoms with Crippen molar-refractivity contribution in [1.29, 1.82) is 0 Å². The quantitative estimate of drug-likeness (QED) is 0.854. The zero-order valence-electron chi connectivity index (χ0n) is 15.3. The number of carbonyl (C=O) groups is 2. The molecule has 6 nitrogen and oxygen atoms in total. The van der Waals surface area contributed by atoms with Crippen LogP contribution in [0.2, 0.25) is 0 Å². The lowest BCUT2D eigenvalue weighted by Crippen LogP contribution is -2.34. The fourth-order valence-electron chi connectivity index (χ4n) is 1.75. The lowest BCUT2D eigenvalue weighted by molar-refractivity contribution is 0.0531. The normalized spacial score (nSPS) is 11.7. The lowest BCUT2D eigenvalue weighted by Gasteiger charge is -2.20. The zero-order chi connectivity index (χ0) is 19.0. The van der Waals surface area contributed by atoms with E-state index in [9.17, 15) is 14.0 Å². The molecule has 0 unspecified atom stereocenters. The highest BCUT2D eigenvalue weighted by Crippen LogP contribution is 2.14. The molecule has 138 valence electrons. The third kappa shape index (κ3) is 7.69. The fraction of sp³-hybridized carbons (Fsp3) is 0.444. The molecule has 0 heterocycles. The van der Waals surface area contributed by atoms with Crippen LogP contribution in [-0.4, -0.2) is 49.7 Å². The summed E-state index contributed by atoms with van der Waals surface area (Å²) in [7, 11) is 3.34. The van der Waals surface area contributed by atoms with Crippen LogP contribution in [-0.2, 0) is 4.74 Å². The van der Waals surface area contributed by atoms with Crippen LogP contribution in [0.3, 0.4) is 0 Å². The smallest absolute Gasteiger partial charge is 0.407 e. The molecule has 0 saturated carbocycles. The van der Waals surface area contributed by atoms with Crippen LogP contribution in [0, 0.1) is 0 Å². The van der Waals surface area contributed by atoms with Gasteiger partial charge >= 0.3 is 6.09 Å². The van der Waals surface area contributed by atoms with Crippen molar-refractivity contribution < 1.29 is 23.5 Å². The van der Waals surface area contributed by atoms with E-state index in [4.69, 9.17) is 9.47 Å². The number of nitrogens with one attached hydrogen (secondary N) is 1. The molecule has 0 radical (unpaired) electrons. The molecule has 0 aliphatic heterocycles.